The summed E-state index contributed by atoms with van der Waals surface area (Å²) < 4.78 is 2.01. The Hall–Kier alpha value is -1.66. The first kappa shape index (κ1) is 16.2. The molecule has 0 aromatic carbocycles. The van der Waals surface area contributed by atoms with Crippen molar-refractivity contribution in [3.63, 3.8) is 0 Å². The molecule has 2 aromatic rings. The van der Waals surface area contributed by atoms with Crippen molar-refractivity contribution in [2.75, 3.05) is 44.2 Å². The summed E-state index contributed by atoms with van der Waals surface area (Å²) in [7, 11) is 0. The van der Waals surface area contributed by atoms with E-state index in [1.54, 1.807) is 0 Å². The van der Waals surface area contributed by atoms with Gasteiger partial charge in [0.1, 0.15) is 5.82 Å². The van der Waals surface area contributed by atoms with Gasteiger partial charge in [-0.3, -0.25) is 4.90 Å². The molecule has 0 amide bonds. The Morgan fingerprint density at radius 1 is 1.17 bits per heavy atom. The summed E-state index contributed by atoms with van der Waals surface area (Å²) >= 11 is 0. The zero-order valence-electron chi connectivity index (χ0n) is 14.4. The van der Waals surface area contributed by atoms with Crippen molar-refractivity contribution in [3.05, 3.63) is 23.0 Å². The first-order valence-electron chi connectivity index (χ1n) is 8.58. The molecule has 6 nitrogen and oxygen atoms in total. The first-order chi connectivity index (χ1) is 11.1. The highest BCUT2D eigenvalue weighted by Gasteiger charge is 2.21. The summed E-state index contributed by atoms with van der Waals surface area (Å²) in [5.41, 5.74) is 4.33. The lowest BCUT2D eigenvalue weighted by atomic mass is 10.2. The molecule has 3 rings (SSSR count). The lowest BCUT2D eigenvalue weighted by Crippen LogP contribution is -2.47. The summed E-state index contributed by atoms with van der Waals surface area (Å²) in [5.74, 6) is 1.16. The lowest BCUT2D eigenvalue weighted by molar-refractivity contribution is 0.215. The van der Waals surface area contributed by atoms with Gasteiger partial charge in [0, 0.05) is 56.7 Å². The number of rotatable bonds is 5. The van der Waals surface area contributed by atoms with Crippen molar-refractivity contribution in [3.8, 4) is 0 Å². The molecule has 1 saturated heterocycles. The molecule has 1 aliphatic heterocycles. The van der Waals surface area contributed by atoms with Crippen LogP contribution in [0.5, 0.6) is 0 Å². The molecule has 1 fully saturated rings. The standard InChI is InChI=1S/C17H27N5O/c1-4-15-12-16(22-17(18-15)13(2)14(3)19-22)21-9-7-20(8-10-21)6-5-11-23/h12,23H,4-11H2,1-3H3. The number of aliphatic hydroxyl groups excluding tert-OH is 1. The second-order valence-electron chi connectivity index (χ2n) is 6.31. The van der Waals surface area contributed by atoms with Gasteiger partial charge in [-0.2, -0.15) is 9.61 Å². The second kappa shape index (κ2) is 6.84. The molecule has 0 bridgehead atoms. The number of piperazine rings is 1. The monoisotopic (exact) mass is 317 g/mol. The van der Waals surface area contributed by atoms with Gasteiger partial charge in [0.15, 0.2) is 5.65 Å². The molecule has 0 atom stereocenters. The second-order valence-corrected chi connectivity index (χ2v) is 6.31. The molecule has 0 radical (unpaired) electrons. The molecule has 23 heavy (non-hydrogen) atoms. The van der Waals surface area contributed by atoms with Crippen molar-refractivity contribution in [2.24, 2.45) is 0 Å². The van der Waals surface area contributed by atoms with Crippen LogP contribution in [0.1, 0.15) is 30.3 Å². The number of nitrogens with zero attached hydrogens (tertiary/aromatic N) is 5. The fourth-order valence-corrected chi connectivity index (χ4v) is 3.16. The zero-order valence-corrected chi connectivity index (χ0v) is 14.4. The van der Waals surface area contributed by atoms with Crippen LogP contribution < -0.4 is 4.90 Å². The summed E-state index contributed by atoms with van der Waals surface area (Å²) in [6.07, 6.45) is 1.79. The Morgan fingerprint density at radius 2 is 1.91 bits per heavy atom. The maximum absolute atomic E-state index is 8.98. The summed E-state index contributed by atoms with van der Waals surface area (Å²) in [5, 5.41) is 13.7. The molecular formula is C17H27N5O. The number of fused-ring (bicyclic) bond motifs is 1. The average Bonchev–Trinajstić information content (AvgIpc) is 2.87. The van der Waals surface area contributed by atoms with Gasteiger partial charge in [-0.1, -0.05) is 6.92 Å². The van der Waals surface area contributed by atoms with E-state index in [1.807, 2.05) is 11.4 Å². The molecule has 1 N–H and O–H groups in total. The predicted octanol–water partition coefficient (Wildman–Crippen LogP) is 1.41. The van der Waals surface area contributed by atoms with Gasteiger partial charge in [0.2, 0.25) is 0 Å². The maximum Gasteiger partial charge on any atom is 0.160 e. The number of anilines is 1. The highest BCUT2D eigenvalue weighted by atomic mass is 16.3. The van der Waals surface area contributed by atoms with Crippen molar-refractivity contribution >= 4 is 11.5 Å². The van der Waals surface area contributed by atoms with Crippen LogP contribution in [0.2, 0.25) is 0 Å². The quantitative estimate of drug-likeness (QED) is 0.904. The smallest absolute Gasteiger partial charge is 0.160 e. The fourth-order valence-electron chi connectivity index (χ4n) is 3.16. The summed E-state index contributed by atoms with van der Waals surface area (Å²) in [6, 6.07) is 2.18. The molecule has 6 heteroatoms. The minimum atomic E-state index is 0.275. The number of hydrogen-bond donors (Lipinski definition) is 1. The van der Waals surface area contributed by atoms with E-state index in [9.17, 15) is 0 Å². The van der Waals surface area contributed by atoms with Crippen LogP contribution in [-0.2, 0) is 6.42 Å². The molecule has 126 valence electrons. The Kier molecular flexibility index (Phi) is 4.82. The van der Waals surface area contributed by atoms with Gasteiger partial charge in [0.05, 0.1) is 5.69 Å². The minimum absolute atomic E-state index is 0.275. The molecule has 1 aliphatic rings. The fraction of sp³-hybridized carbons (Fsp3) is 0.647. The predicted molar refractivity (Wildman–Crippen MR) is 92.2 cm³/mol. The molecule has 3 heterocycles. The van der Waals surface area contributed by atoms with Crippen LogP contribution in [0.25, 0.3) is 5.65 Å². The number of aliphatic hydroxyl groups is 1. The van der Waals surface area contributed by atoms with E-state index >= 15 is 0 Å². The van der Waals surface area contributed by atoms with Gasteiger partial charge in [0.25, 0.3) is 0 Å². The SMILES string of the molecule is CCc1cc(N2CCN(CCCO)CC2)n2nc(C)c(C)c2n1. The largest absolute Gasteiger partial charge is 0.396 e. The molecular weight excluding hydrogens is 290 g/mol. The third kappa shape index (κ3) is 3.19. The zero-order chi connectivity index (χ0) is 16.4. The van der Waals surface area contributed by atoms with Crippen LogP contribution in [-0.4, -0.2) is 63.9 Å². The van der Waals surface area contributed by atoms with Gasteiger partial charge in [-0.25, -0.2) is 4.98 Å². The Balaban J connectivity index is 1.86. The third-order valence-electron chi connectivity index (χ3n) is 4.78. The van der Waals surface area contributed by atoms with Crippen molar-refractivity contribution < 1.29 is 5.11 Å². The topological polar surface area (TPSA) is 56.9 Å². The summed E-state index contributed by atoms with van der Waals surface area (Å²) in [6.45, 7) is 11.6. The highest BCUT2D eigenvalue weighted by molar-refractivity contribution is 5.57. The van der Waals surface area contributed by atoms with Crippen LogP contribution in [0, 0.1) is 13.8 Å². The van der Waals surface area contributed by atoms with E-state index in [-0.39, 0.29) is 6.61 Å². The first-order valence-corrected chi connectivity index (χ1v) is 8.58. The number of aryl methyl sites for hydroxylation is 3. The van der Waals surface area contributed by atoms with E-state index in [0.29, 0.717) is 0 Å². The van der Waals surface area contributed by atoms with Crippen LogP contribution >= 0.6 is 0 Å². The van der Waals surface area contributed by atoms with Crippen LogP contribution in [0.3, 0.4) is 0 Å². The Bertz CT molecular complexity index is 673. The van der Waals surface area contributed by atoms with Gasteiger partial charge in [-0.15, -0.1) is 0 Å². The van der Waals surface area contributed by atoms with E-state index < -0.39 is 0 Å². The molecule has 0 aliphatic carbocycles. The average molecular weight is 317 g/mol. The van der Waals surface area contributed by atoms with E-state index in [0.717, 1.165) is 68.4 Å². The Morgan fingerprint density at radius 3 is 2.57 bits per heavy atom. The van der Waals surface area contributed by atoms with Crippen molar-refractivity contribution in [1.82, 2.24) is 19.5 Å². The summed E-state index contributed by atoms with van der Waals surface area (Å²) in [4.78, 5) is 9.59. The maximum atomic E-state index is 8.98. The molecule has 0 spiro atoms. The molecule has 0 unspecified atom stereocenters. The van der Waals surface area contributed by atoms with E-state index in [2.05, 4.69) is 29.7 Å². The van der Waals surface area contributed by atoms with Crippen LogP contribution in [0.4, 0.5) is 5.82 Å². The van der Waals surface area contributed by atoms with E-state index in [1.165, 1.54) is 5.56 Å². The van der Waals surface area contributed by atoms with Crippen LogP contribution in [0.15, 0.2) is 6.07 Å². The highest BCUT2D eigenvalue weighted by Crippen LogP contribution is 2.23. The van der Waals surface area contributed by atoms with Gasteiger partial charge < -0.3 is 10.0 Å². The Labute approximate surface area is 137 Å². The van der Waals surface area contributed by atoms with Crippen molar-refractivity contribution in [2.45, 2.75) is 33.6 Å². The normalized spacial score (nSPS) is 16.4. The van der Waals surface area contributed by atoms with E-state index in [4.69, 9.17) is 15.2 Å². The minimum Gasteiger partial charge on any atom is -0.396 e. The number of hydrogen-bond acceptors (Lipinski definition) is 5. The van der Waals surface area contributed by atoms with Crippen molar-refractivity contribution in [1.29, 1.82) is 0 Å². The molecule has 2 aromatic heterocycles. The van der Waals surface area contributed by atoms with Gasteiger partial charge in [-0.05, 0) is 26.7 Å². The number of aromatic nitrogens is 3. The molecule has 0 saturated carbocycles. The lowest BCUT2D eigenvalue weighted by Gasteiger charge is -2.36. The third-order valence-corrected chi connectivity index (χ3v) is 4.78. The van der Waals surface area contributed by atoms with Gasteiger partial charge >= 0.3 is 0 Å².